The summed E-state index contributed by atoms with van der Waals surface area (Å²) in [5, 5.41) is 54.4. The molecule has 0 atom stereocenters. The van der Waals surface area contributed by atoms with Crippen molar-refractivity contribution in [3.63, 3.8) is 0 Å². The van der Waals surface area contributed by atoms with E-state index in [1.807, 2.05) is 111 Å². The van der Waals surface area contributed by atoms with E-state index in [4.69, 9.17) is 65.0 Å². The molecule has 11 heterocycles. The first-order valence-electron chi connectivity index (χ1n) is 38.4. The highest BCUT2D eigenvalue weighted by atomic mass is 35.5. The Kier molecular flexibility index (Phi) is 28.8. The first-order chi connectivity index (χ1) is 57.4. The maximum atomic E-state index is 12.4. The maximum absolute atomic E-state index is 12.4. The van der Waals surface area contributed by atoms with Gasteiger partial charge in [0.25, 0.3) is 5.91 Å². The lowest BCUT2D eigenvalue weighted by molar-refractivity contribution is 0.0194. The molecule has 6 aliphatic rings. The number of hydrogen-bond acceptors (Lipinski definition) is 20. The minimum atomic E-state index is -0.901. The van der Waals surface area contributed by atoms with Crippen LogP contribution in [0.4, 0.5) is 19.2 Å². The standard InChI is InChI=1S/C18H13ClN4O2.C18H26N4O3.C17H18ClN5O.C16H15ClN4O2.C15H13ClN4O2/c19-14-4-1-3-13(11-14)6-7-16-20-21-17-12-22(8-9-23(16)17)18(24)15-5-2-10-25-15;1-17(2,3)25-16(23)21-11-12-22-14(19-20-15(22)13-21)7-10-18(24)8-5-4-6-9-18;1-3-21(2)17(24)22-9-10-23-15(19-20-16(23)12-22)8-7-13-5-4-6-14(18)11-13;1-2-23-16(22)20-8-9-21-14(18-19-15(21)11-20)7-6-12-4-3-5-13(17)10-12;1-22-15(21)19-7-8-20-13(17-18-14(20)10-19)6-5-11-3-2-4-12(16)9-11/h1-5,10-11H,8-9,12H2;24H,4-6,8-9,11-13H2,1-3H3;4-6,11H,3,9-10,12H2,1-2H3;3-5,10H,2,8-9,11H2,1H3;2-4,9H,7-8,10H2,1H3. The van der Waals surface area contributed by atoms with E-state index in [9.17, 15) is 29.1 Å². The lowest BCUT2D eigenvalue weighted by Gasteiger charge is -2.30. The molecular weight excluding hydrogens is 1600 g/mol. The summed E-state index contributed by atoms with van der Waals surface area (Å²) < 4.78 is 30.0. The van der Waals surface area contributed by atoms with E-state index in [0.717, 1.165) is 47.3 Å². The monoisotopic (exact) mass is 1690 g/mol. The summed E-state index contributed by atoms with van der Waals surface area (Å²) in [5.74, 6) is 36.9. The summed E-state index contributed by atoms with van der Waals surface area (Å²) >= 11 is 23.8. The molecule has 5 aliphatic heterocycles. The van der Waals surface area contributed by atoms with E-state index in [0.29, 0.717) is 202 Å². The number of furan rings is 1. The molecule has 0 saturated heterocycles. The summed E-state index contributed by atoms with van der Waals surface area (Å²) in [4.78, 5) is 70.1. The zero-order chi connectivity index (χ0) is 84.2. The fraction of sp³-hybridized carbons (Fsp3) is 0.369. The molecule has 0 bridgehead atoms. The molecule has 0 spiro atoms. The van der Waals surface area contributed by atoms with Gasteiger partial charge in [-0.25, -0.2) is 19.2 Å². The molecule has 1 N–H and O–H groups in total. The van der Waals surface area contributed by atoms with Crippen LogP contribution >= 0.6 is 46.4 Å². The van der Waals surface area contributed by atoms with E-state index in [1.54, 1.807) is 91.9 Å². The van der Waals surface area contributed by atoms with Crippen molar-refractivity contribution < 1.29 is 47.7 Å². The summed E-state index contributed by atoms with van der Waals surface area (Å²) in [7, 11) is 3.16. The number of rotatable bonds is 3. The normalized spacial score (nSPS) is 14.4. The van der Waals surface area contributed by atoms with Crippen LogP contribution in [0, 0.1) is 59.2 Å². The lowest BCUT2D eigenvalue weighted by atomic mass is 9.85. The maximum Gasteiger partial charge on any atom is 0.410 e. The van der Waals surface area contributed by atoms with E-state index in [-0.39, 0.29) is 30.2 Å². The number of methoxy groups -OCH3 is 1. The van der Waals surface area contributed by atoms with Crippen LogP contribution in [0.2, 0.25) is 20.1 Å². The second-order valence-electron chi connectivity index (χ2n) is 28.7. The molecule has 1 saturated carbocycles. The van der Waals surface area contributed by atoms with Crippen LogP contribution < -0.4 is 0 Å². The Morgan fingerprint density at radius 3 is 1.16 bits per heavy atom. The number of ether oxygens (including phenoxy) is 3. The number of nitrogens with zero attached hydrogens (tertiary/aromatic N) is 21. The van der Waals surface area contributed by atoms with Crippen LogP contribution in [0.5, 0.6) is 0 Å². The second kappa shape index (κ2) is 40.0. The van der Waals surface area contributed by atoms with Crippen molar-refractivity contribution >= 4 is 76.6 Å². The minimum Gasteiger partial charge on any atom is -0.459 e. The Morgan fingerprint density at radius 2 is 0.807 bits per heavy atom. The lowest BCUT2D eigenvalue weighted by Crippen LogP contribution is -2.45. The number of aliphatic hydroxyl groups is 1. The Bertz CT molecular complexity index is 5660. The van der Waals surface area contributed by atoms with Gasteiger partial charge in [0.15, 0.2) is 34.9 Å². The predicted octanol–water partition coefficient (Wildman–Crippen LogP) is 11.1. The highest BCUT2D eigenvalue weighted by molar-refractivity contribution is 6.31. The number of fused-ring (bicyclic) bond motifs is 5. The Morgan fingerprint density at radius 1 is 0.454 bits per heavy atom. The van der Waals surface area contributed by atoms with Crippen molar-refractivity contribution in [3.05, 3.63) is 222 Å². The summed E-state index contributed by atoms with van der Waals surface area (Å²) in [6, 6.07) is 32.7. The number of hydrogen-bond donors (Lipinski definition) is 1. The number of benzene rings is 4. The molecule has 1 aliphatic carbocycles. The average Bonchev–Trinajstić information content (AvgIpc) is 1.70. The number of carbonyl (C=O) groups is 5. The molecule has 0 unspecified atom stereocenters. The fourth-order valence-corrected chi connectivity index (χ4v) is 13.6. The molecule has 31 nitrogen and oxygen atoms in total. The van der Waals surface area contributed by atoms with Crippen molar-refractivity contribution in [2.75, 3.05) is 60.0 Å². The van der Waals surface area contributed by atoms with Gasteiger partial charge in [-0.15, -0.1) is 51.0 Å². The number of urea groups is 1. The Balaban J connectivity index is 0.000000137. The van der Waals surface area contributed by atoms with Gasteiger partial charge in [-0.3, -0.25) is 19.5 Å². The van der Waals surface area contributed by atoms with Gasteiger partial charge in [-0.05, 0) is 175 Å². The largest absolute Gasteiger partial charge is 0.459 e. The molecule has 6 aromatic heterocycles. The Labute approximate surface area is 707 Å². The van der Waals surface area contributed by atoms with Crippen LogP contribution in [0.15, 0.2) is 120 Å². The highest BCUT2D eigenvalue weighted by Crippen LogP contribution is 2.28. The first kappa shape index (κ1) is 85.7. The third kappa shape index (κ3) is 23.2. The van der Waals surface area contributed by atoms with Crippen molar-refractivity contribution in [1.29, 1.82) is 0 Å². The van der Waals surface area contributed by atoms with Crippen LogP contribution in [0.25, 0.3) is 0 Å². The van der Waals surface area contributed by atoms with Gasteiger partial charge in [0.1, 0.15) is 11.2 Å². The van der Waals surface area contributed by atoms with E-state index in [1.165, 1.54) is 13.4 Å². The molecule has 10 aromatic rings. The SMILES string of the molecule is CC(C)(C)OC(=O)N1CCn2c(C#CC3(O)CCCCC3)nnc2C1.CCN(C)C(=O)N1CCn2c(C#Cc3cccc(Cl)c3)nnc2C1.CCOC(=O)N1CCn2c(C#Cc3cccc(Cl)c3)nnc2C1.COC(=O)N1CCn2c(C#Cc3cccc(Cl)c3)nnc2C1.O=C(c1ccco1)N1CCn2c(C#Cc3cccc(Cl)c3)nnc2C1. The number of carbonyl (C=O) groups excluding carboxylic acids is 5. The minimum absolute atomic E-state index is 0.0123. The van der Waals surface area contributed by atoms with E-state index < -0.39 is 11.2 Å². The smallest absolute Gasteiger partial charge is 0.410 e. The number of amides is 6. The van der Waals surface area contributed by atoms with Gasteiger partial charge in [0, 0.05) is 121 Å². The Hall–Kier alpha value is -12.7. The van der Waals surface area contributed by atoms with Gasteiger partial charge in [0.05, 0.1) is 52.7 Å². The fourth-order valence-electron chi connectivity index (χ4n) is 12.9. The molecule has 119 heavy (non-hydrogen) atoms. The van der Waals surface area contributed by atoms with Crippen molar-refractivity contribution in [1.82, 2.24) is 103 Å². The molecule has 4 aromatic carbocycles. The third-order valence-electron chi connectivity index (χ3n) is 19.1. The summed E-state index contributed by atoms with van der Waals surface area (Å²) in [6.45, 7) is 18.1. The van der Waals surface area contributed by atoms with Crippen molar-refractivity contribution in [2.24, 2.45) is 0 Å². The van der Waals surface area contributed by atoms with Crippen LogP contribution in [-0.4, -0.2) is 210 Å². The molecule has 16 rings (SSSR count). The topological polar surface area (TPSA) is 319 Å². The highest BCUT2D eigenvalue weighted by Gasteiger charge is 2.33. The zero-order valence-corrected chi connectivity index (χ0v) is 69.6. The molecule has 35 heteroatoms. The third-order valence-corrected chi connectivity index (χ3v) is 20.1. The second-order valence-corrected chi connectivity index (χ2v) is 30.4. The molecule has 6 amide bonds. The van der Waals surface area contributed by atoms with Gasteiger partial charge < -0.3 is 61.3 Å². The summed E-state index contributed by atoms with van der Waals surface area (Å²) in [6.07, 6.45) is 5.07. The van der Waals surface area contributed by atoms with Gasteiger partial charge >= 0.3 is 24.3 Å². The van der Waals surface area contributed by atoms with Gasteiger partial charge in [-0.2, -0.15) is 0 Å². The van der Waals surface area contributed by atoms with Crippen LogP contribution in [-0.2, 0) is 79.7 Å². The molecule has 614 valence electrons. The summed E-state index contributed by atoms with van der Waals surface area (Å²) in [5.41, 5.74) is 1.86. The molecular formula is C84H85Cl4N21O10. The van der Waals surface area contributed by atoms with Gasteiger partial charge in [-0.1, -0.05) is 107 Å². The molecule has 1 fully saturated rings. The van der Waals surface area contributed by atoms with E-state index in [2.05, 4.69) is 110 Å². The van der Waals surface area contributed by atoms with E-state index >= 15 is 0 Å². The average molecular weight is 1690 g/mol. The molecule has 0 radical (unpaired) electrons. The van der Waals surface area contributed by atoms with Crippen molar-refractivity contribution in [2.45, 2.75) is 143 Å². The van der Waals surface area contributed by atoms with Crippen LogP contribution in [0.1, 0.15) is 158 Å². The predicted molar refractivity (Wildman–Crippen MR) is 439 cm³/mol. The quantitative estimate of drug-likeness (QED) is 0.127. The van der Waals surface area contributed by atoms with Gasteiger partial charge in [0.2, 0.25) is 29.1 Å². The zero-order valence-electron chi connectivity index (χ0n) is 66.6. The number of halogens is 4. The first-order valence-corrected chi connectivity index (χ1v) is 39.9. The van der Waals surface area contributed by atoms with Crippen molar-refractivity contribution in [3.8, 4) is 59.2 Å². The van der Waals surface area contributed by atoms with Crippen LogP contribution in [0.3, 0.4) is 0 Å². The number of aromatic nitrogens is 15.